The average Bonchev–Trinajstić information content (AvgIpc) is 2.73. The van der Waals surface area contributed by atoms with E-state index < -0.39 is 21.1 Å². The number of urea groups is 1. The number of aromatic nitrogens is 3. The van der Waals surface area contributed by atoms with E-state index in [1.54, 1.807) is 6.07 Å². The molecule has 2 aromatic heterocycles. The molecule has 0 bridgehead atoms. The molecule has 2 aromatic rings. The number of amides is 2. The van der Waals surface area contributed by atoms with Crippen LogP contribution >= 0.6 is 11.8 Å². The number of thioether (sulfide) groups is 1. The quantitative estimate of drug-likeness (QED) is 0.507. The van der Waals surface area contributed by atoms with Gasteiger partial charge in [-0.25, -0.2) is 13.4 Å². The average molecular weight is 462 g/mol. The number of nitrogens with one attached hydrogen (secondary N) is 1. The van der Waals surface area contributed by atoms with E-state index in [1.165, 1.54) is 44.3 Å². The second-order valence-electron chi connectivity index (χ2n) is 5.21. The Labute approximate surface area is 198 Å². The molecular weight excluding hydrogens is 447 g/mol. The van der Waals surface area contributed by atoms with Crippen molar-refractivity contribution in [1.82, 2.24) is 15.0 Å². The van der Waals surface area contributed by atoms with Gasteiger partial charge in [-0.2, -0.15) is 9.97 Å². The van der Waals surface area contributed by atoms with Crippen molar-refractivity contribution in [2.45, 2.75) is 5.03 Å². The van der Waals surface area contributed by atoms with Gasteiger partial charge in [-0.1, -0.05) is 16.9 Å². The number of pyridine rings is 1. The van der Waals surface area contributed by atoms with Crippen molar-refractivity contribution in [1.29, 1.82) is 0 Å². The van der Waals surface area contributed by atoms with Gasteiger partial charge in [0.15, 0.2) is 17.0 Å². The second kappa shape index (κ2) is 10.8. The van der Waals surface area contributed by atoms with Gasteiger partial charge < -0.3 is 24.4 Å². The maximum atomic E-state index is 12.7. The number of carbonyl (C=O) groups excluding carboxylic acids is 1. The van der Waals surface area contributed by atoms with Crippen LogP contribution in [0.3, 0.4) is 0 Å². The molecule has 0 aliphatic carbocycles. The molecule has 0 fully saturated rings. The zero-order valence-corrected chi connectivity index (χ0v) is 19.9. The minimum absolute atomic E-state index is 0. The second-order valence-corrected chi connectivity index (χ2v) is 7.81. The number of nitrogens with zero attached hydrogens (tertiary/aromatic N) is 5. The first-order valence-electron chi connectivity index (χ1n) is 7.97. The summed E-state index contributed by atoms with van der Waals surface area (Å²) >= 11 is 1.31. The Morgan fingerprint density at radius 3 is 2.57 bits per heavy atom. The van der Waals surface area contributed by atoms with E-state index in [2.05, 4.69) is 30.1 Å². The van der Waals surface area contributed by atoms with Crippen molar-refractivity contribution >= 4 is 38.8 Å². The zero-order valence-electron chi connectivity index (χ0n) is 16.2. The summed E-state index contributed by atoms with van der Waals surface area (Å²) in [5.41, 5.74) is 0.188. The molecule has 1 N–H and O–H groups in total. The van der Waals surface area contributed by atoms with Gasteiger partial charge in [-0.05, 0) is 12.1 Å². The first-order chi connectivity index (χ1) is 13.9. The summed E-state index contributed by atoms with van der Waals surface area (Å²) < 4.78 is 38.5. The van der Waals surface area contributed by atoms with E-state index in [0.717, 1.165) is 0 Å². The van der Waals surface area contributed by atoms with Gasteiger partial charge in [-0.15, -0.1) is 0 Å². The SMILES string of the molecule is COc1cc(OC)nc(NC(=O)[N-]S(=O)(=O)c2ncccc2C2=NOCCS2)n1.[Na+]. The molecule has 30 heavy (non-hydrogen) atoms. The molecule has 15 heteroatoms. The summed E-state index contributed by atoms with van der Waals surface area (Å²) in [5, 5.41) is 5.92. The number of hydrogen-bond donors (Lipinski definition) is 1. The van der Waals surface area contributed by atoms with Gasteiger partial charge >= 0.3 is 29.6 Å². The molecule has 154 valence electrons. The van der Waals surface area contributed by atoms with Gasteiger partial charge in [-0.3, -0.25) is 4.79 Å². The molecule has 12 nitrogen and oxygen atoms in total. The van der Waals surface area contributed by atoms with Crippen LogP contribution in [0, 0.1) is 0 Å². The van der Waals surface area contributed by atoms with Crippen molar-refractivity contribution in [2.24, 2.45) is 5.16 Å². The third-order valence-electron chi connectivity index (χ3n) is 3.33. The van der Waals surface area contributed by atoms with Crippen LogP contribution in [0.4, 0.5) is 10.7 Å². The Morgan fingerprint density at radius 1 is 1.27 bits per heavy atom. The molecule has 1 aliphatic heterocycles. The fourth-order valence-electron chi connectivity index (χ4n) is 2.13. The van der Waals surface area contributed by atoms with Crippen LogP contribution in [-0.2, 0) is 14.9 Å². The summed E-state index contributed by atoms with van der Waals surface area (Å²) in [6.07, 6.45) is 1.27. The molecular formula is C15H15N6NaO6S2. The Bertz CT molecular complexity index is 1030. The minimum Gasteiger partial charge on any atom is -0.481 e. The van der Waals surface area contributed by atoms with Gasteiger partial charge in [0.1, 0.15) is 11.7 Å². The molecule has 0 spiro atoms. The van der Waals surface area contributed by atoms with Crippen molar-refractivity contribution in [3.63, 3.8) is 0 Å². The van der Waals surface area contributed by atoms with Crippen LogP contribution in [0.2, 0.25) is 0 Å². The topological polar surface area (TPSA) is 156 Å². The number of ether oxygens (including phenoxy) is 2. The van der Waals surface area contributed by atoms with Gasteiger partial charge in [0.05, 0.1) is 20.3 Å². The Hall–Kier alpha value is -2.13. The van der Waals surface area contributed by atoms with Crippen molar-refractivity contribution < 1.29 is 57.1 Å². The third-order valence-corrected chi connectivity index (χ3v) is 5.48. The summed E-state index contributed by atoms with van der Waals surface area (Å²) in [6, 6.07) is 3.21. The van der Waals surface area contributed by atoms with E-state index >= 15 is 0 Å². The summed E-state index contributed by atoms with van der Waals surface area (Å²) in [6.45, 7) is 0.410. The van der Waals surface area contributed by atoms with E-state index in [1.807, 2.05) is 0 Å². The molecule has 3 heterocycles. The number of anilines is 1. The molecule has 2 amide bonds. The number of sulfonamides is 1. The van der Waals surface area contributed by atoms with E-state index in [-0.39, 0.29) is 52.8 Å². The number of rotatable bonds is 6. The molecule has 1 aliphatic rings. The number of hydrogen-bond acceptors (Lipinski definition) is 11. The maximum Gasteiger partial charge on any atom is 1.00 e. The zero-order chi connectivity index (χ0) is 20.9. The van der Waals surface area contributed by atoms with E-state index in [4.69, 9.17) is 14.3 Å². The largest absolute Gasteiger partial charge is 1.00 e. The monoisotopic (exact) mass is 462 g/mol. The Morgan fingerprint density at radius 2 is 1.97 bits per heavy atom. The molecule has 3 rings (SSSR count). The van der Waals surface area contributed by atoms with Gasteiger partial charge in [0, 0.05) is 17.5 Å². The molecule has 0 saturated carbocycles. The normalized spacial score (nSPS) is 13.2. The fraction of sp³-hybridized carbons (Fsp3) is 0.267. The van der Waals surface area contributed by atoms with Crippen LogP contribution in [0.1, 0.15) is 5.56 Å². The van der Waals surface area contributed by atoms with Crippen LogP contribution in [0.15, 0.2) is 34.6 Å². The van der Waals surface area contributed by atoms with Crippen molar-refractivity contribution in [3.8, 4) is 11.8 Å². The summed E-state index contributed by atoms with van der Waals surface area (Å²) in [5.74, 6) is 0.565. The minimum atomic E-state index is -4.46. The third kappa shape index (κ3) is 5.95. The van der Waals surface area contributed by atoms with Crippen molar-refractivity contribution in [3.05, 3.63) is 34.7 Å². The van der Waals surface area contributed by atoms with E-state index in [0.29, 0.717) is 17.4 Å². The molecule has 0 radical (unpaired) electrons. The molecule has 0 aromatic carbocycles. The van der Waals surface area contributed by atoms with Crippen LogP contribution in [0.25, 0.3) is 4.72 Å². The van der Waals surface area contributed by atoms with Crippen molar-refractivity contribution in [2.75, 3.05) is 31.9 Å². The van der Waals surface area contributed by atoms with Crippen LogP contribution < -0.4 is 44.3 Å². The Balaban J connectivity index is 0.00000320. The standard InChI is InChI=1S/C15H16N6O6S2.Na/c1-25-10-8-11(26-2)18-14(17-10)19-15(22)21-29(23,24)13-9(4-3-5-16-13)12-20-27-6-7-28-12;/h3-5,8H,6-7H2,1-2H3,(H2,17,18,19,21,22);/q;+1/p-1. The first-order valence-corrected chi connectivity index (χ1v) is 10.4. The smallest absolute Gasteiger partial charge is 0.481 e. The van der Waals surface area contributed by atoms with Gasteiger partial charge in [0.25, 0.3) is 0 Å². The van der Waals surface area contributed by atoms with E-state index in [9.17, 15) is 13.2 Å². The summed E-state index contributed by atoms with van der Waals surface area (Å²) in [4.78, 5) is 28.8. The fourth-order valence-corrected chi connectivity index (χ4v) is 3.96. The van der Waals surface area contributed by atoms with Crippen LogP contribution in [-0.4, -0.2) is 61.0 Å². The predicted octanol–water partition coefficient (Wildman–Crippen LogP) is -1.39. The number of carbonyl (C=O) groups is 1. The van der Waals surface area contributed by atoms with Gasteiger partial charge in [0.2, 0.25) is 21.8 Å². The predicted molar refractivity (Wildman–Crippen MR) is 104 cm³/mol. The maximum absolute atomic E-state index is 12.7. The van der Waals surface area contributed by atoms with Crippen LogP contribution in [0.5, 0.6) is 11.8 Å². The number of methoxy groups -OCH3 is 2. The number of oxime groups is 1. The first kappa shape index (κ1) is 24.1. The molecule has 0 saturated heterocycles. The molecule has 0 atom stereocenters. The molecule has 0 unspecified atom stereocenters. The summed E-state index contributed by atoms with van der Waals surface area (Å²) in [7, 11) is -1.73. The Kier molecular flexibility index (Phi) is 8.66.